The van der Waals surface area contributed by atoms with Crippen LogP contribution in [-0.4, -0.2) is 0 Å². The van der Waals surface area contributed by atoms with Crippen LogP contribution in [0, 0.1) is 60.2 Å². The average molecular weight is 123 g/mol. The SMILES string of the molecule is [2H]C#CC#CC#CC#CC#C. The molecule has 0 aliphatic rings. The van der Waals surface area contributed by atoms with Crippen molar-refractivity contribution in [3.8, 4) is 60.2 Å². The summed E-state index contributed by atoms with van der Waals surface area (Å²) in [6.07, 6.45) is 6.68. The molecule has 0 spiro atoms. The van der Waals surface area contributed by atoms with Crippen molar-refractivity contribution >= 4 is 0 Å². The fraction of sp³-hybridized carbons (Fsp3) is 0. The molecule has 0 saturated carbocycles. The third-order valence-corrected chi connectivity index (χ3v) is 0.447. The fourth-order valence-corrected chi connectivity index (χ4v) is 0.192. The highest BCUT2D eigenvalue weighted by Gasteiger charge is 1.52. The summed E-state index contributed by atoms with van der Waals surface area (Å²) in [5.74, 6) is 18.4. The molecule has 0 aliphatic heterocycles. The first-order chi connectivity index (χ1) is 5.41. The Balaban J connectivity index is 4.04. The van der Waals surface area contributed by atoms with Crippen LogP contribution in [0.15, 0.2) is 0 Å². The van der Waals surface area contributed by atoms with Gasteiger partial charge in [-0.05, 0) is 47.4 Å². The largest absolute Gasteiger partial charge is 0.125 e. The zero-order valence-electron chi connectivity index (χ0n) is 6.08. The fourth-order valence-electron chi connectivity index (χ4n) is 0.192. The first-order valence-electron chi connectivity index (χ1n) is 2.79. The molecule has 0 radical (unpaired) electrons. The van der Waals surface area contributed by atoms with Gasteiger partial charge < -0.3 is 0 Å². The second kappa shape index (κ2) is 6.80. The molecule has 0 fully saturated rings. The van der Waals surface area contributed by atoms with Gasteiger partial charge in [-0.1, -0.05) is 0 Å². The lowest BCUT2D eigenvalue weighted by atomic mass is 10.5. The highest BCUT2D eigenvalue weighted by atomic mass is 13.5. The molecule has 0 nitrogen and oxygen atoms in total. The van der Waals surface area contributed by atoms with Crippen molar-refractivity contribution in [2.45, 2.75) is 0 Å². The molecule has 0 heteroatoms. The van der Waals surface area contributed by atoms with Crippen molar-refractivity contribution in [2.75, 3.05) is 0 Å². The molecule has 42 valence electrons. The van der Waals surface area contributed by atoms with Crippen molar-refractivity contribution < 1.29 is 1.37 Å². The summed E-state index contributed by atoms with van der Waals surface area (Å²) in [6, 6.07) is 0. The summed E-state index contributed by atoms with van der Waals surface area (Å²) in [5, 5.41) is 0. The minimum atomic E-state index is 1.86. The normalized spacial score (nSPS) is 4.10. The van der Waals surface area contributed by atoms with Crippen LogP contribution in [0.25, 0.3) is 0 Å². The first kappa shape index (κ1) is 5.93. The Labute approximate surface area is 62.4 Å². The van der Waals surface area contributed by atoms with Crippen LogP contribution in [0.2, 0.25) is 0 Å². The van der Waals surface area contributed by atoms with Crippen molar-refractivity contribution in [3.63, 3.8) is 0 Å². The molecule has 0 atom stereocenters. The van der Waals surface area contributed by atoms with E-state index in [-0.39, 0.29) is 0 Å². The summed E-state index contributed by atoms with van der Waals surface area (Å²) >= 11 is 0. The van der Waals surface area contributed by atoms with Gasteiger partial charge in [0.25, 0.3) is 0 Å². The molecule has 0 N–H and O–H groups in total. The molecule has 10 heavy (non-hydrogen) atoms. The van der Waals surface area contributed by atoms with Crippen LogP contribution in [0.5, 0.6) is 0 Å². The molecule has 0 aromatic rings. The molecular formula is C10H2. The number of hydrogen-bond donors (Lipinski definition) is 0. The van der Waals surface area contributed by atoms with Crippen LogP contribution in [0.3, 0.4) is 0 Å². The topological polar surface area (TPSA) is 0 Å². The lowest BCUT2D eigenvalue weighted by Crippen LogP contribution is -1.51. The van der Waals surface area contributed by atoms with Gasteiger partial charge in [0.1, 0.15) is 1.37 Å². The number of hydrogen-bond acceptors (Lipinski definition) is 0. The molecule has 0 bridgehead atoms. The van der Waals surface area contributed by atoms with Crippen molar-refractivity contribution in [1.29, 1.82) is 0 Å². The van der Waals surface area contributed by atoms with Crippen molar-refractivity contribution in [3.05, 3.63) is 0 Å². The second-order valence-corrected chi connectivity index (χ2v) is 1.02. The third-order valence-electron chi connectivity index (χ3n) is 0.447. The number of rotatable bonds is 0. The quantitative estimate of drug-likeness (QED) is 0.405. The maximum absolute atomic E-state index is 6.38. The van der Waals surface area contributed by atoms with Gasteiger partial charge in [0.05, 0.1) is 0 Å². The van der Waals surface area contributed by atoms with Crippen LogP contribution < -0.4 is 0 Å². The van der Waals surface area contributed by atoms with Gasteiger partial charge in [-0.25, -0.2) is 0 Å². The van der Waals surface area contributed by atoms with Gasteiger partial charge in [-0.3, -0.25) is 0 Å². The molecule has 0 rings (SSSR count). The molecule has 0 amide bonds. The molecule has 0 aromatic carbocycles. The maximum atomic E-state index is 6.38. The van der Waals surface area contributed by atoms with Crippen molar-refractivity contribution in [1.82, 2.24) is 0 Å². The van der Waals surface area contributed by atoms with Gasteiger partial charge in [-0.2, -0.15) is 0 Å². The first-order valence-corrected chi connectivity index (χ1v) is 2.29. The summed E-state index contributed by atoms with van der Waals surface area (Å²) in [4.78, 5) is 0. The van der Waals surface area contributed by atoms with E-state index in [0.29, 0.717) is 0 Å². The Kier molecular flexibility index (Phi) is 4.03. The average Bonchev–Trinajstić information content (AvgIpc) is 2.03. The van der Waals surface area contributed by atoms with Crippen LogP contribution in [0.1, 0.15) is 1.37 Å². The van der Waals surface area contributed by atoms with Crippen LogP contribution in [0.4, 0.5) is 0 Å². The Morgan fingerprint density at radius 1 is 0.800 bits per heavy atom. The van der Waals surface area contributed by atoms with E-state index < -0.39 is 0 Å². The Morgan fingerprint density at radius 2 is 1.30 bits per heavy atom. The number of terminal acetylenes is 2. The monoisotopic (exact) mass is 123 g/mol. The molecule has 0 aliphatic carbocycles. The van der Waals surface area contributed by atoms with Gasteiger partial charge in [0.15, 0.2) is 0 Å². The Morgan fingerprint density at radius 3 is 1.80 bits per heavy atom. The predicted molar refractivity (Wildman–Crippen MR) is 41.0 cm³/mol. The standard InChI is InChI=1S/C10H2/c1-3-5-7-9-10-8-6-4-2/h1-2H/i1D. The van der Waals surface area contributed by atoms with E-state index in [2.05, 4.69) is 47.4 Å². The van der Waals surface area contributed by atoms with Gasteiger partial charge in [-0.15, -0.1) is 12.8 Å². The summed E-state index contributed by atoms with van der Waals surface area (Å²) in [7, 11) is 0. The van der Waals surface area contributed by atoms with E-state index in [1.807, 2.05) is 6.40 Å². The smallest absolute Gasteiger partial charge is 0.106 e. The van der Waals surface area contributed by atoms with E-state index in [1.165, 1.54) is 0 Å². The predicted octanol–water partition coefficient (Wildman–Crippen LogP) is 0.263. The van der Waals surface area contributed by atoms with Crippen molar-refractivity contribution in [2.24, 2.45) is 0 Å². The second-order valence-electron chi connectivity index (χ2n) is 1.02. The highest BCUT2D eigenvalue weighted by molar-refractivity contribution is 5.41. The van der Waals surface area contributed by atoms with E-state index in [4.69, 9.17) is 7.79 Å². The van der Waals surface area contributed by atoms with Gasteiger partial charge >= 0.3 is 0 Å². The summed E-state index contributed by atoms with van der Waals surface area (Å²) in [5.41, 5.74) is 0. The summed E-state index contributed by atoms with van der Waals surface area (Å²) < 4.78 is 6.38. The van der Waals surface area contributed by atoms with Gasteiger partial charge in [0.2, 0.25) is 0 Å². The zero-order valence-corrected chi connectivity index (χ0v) is 5.08. The molecular weight excluding hydrogens is 120 g/mol. The maximum Gasteiger partial charge on any atom is 0.125 e. The lowest BCUT2D eigenvalue weighted by Gasteiger charge is -1.52. The van der Waals surface area contributed by atoms with Crippen LogP contribution >= 0.6 is 0 Å². The summed E-state index contributed by atoms with van der Waals surface area (Å²) in [6.45, 7) is 0. The minimum Gasteiger partial charge on any atom is -0.106 e. The third kappa shape index (κ3) is 5.80. The molecule has 0 saturated heterocycles. The van der Waals surface area contributed by atoms with Crippen LogP contribution in [-0.2, 0) is 0 Å². The van der Waals surface area contributed by atoms with E-state index >= 15 is 0 Å². The Hall–Kier alpha value is -2.20. The lowest BCUT2D eigenvalue weighted by molar-refractivity contribution is 2.37. The molecule has 0 unspecified atom stereocenters. The molecule has 0 heterocycles. The Bertz CT molecular complexity index is 391. The van der Waals surface area contributed by atoms with E-state index in [1.54, 1.807) is 0 Å². The minimum absolute atomic E-state index is 1.86. The van der Waals surface area contributed by atoms with E-state index in [0.717, 1.165) is 0 Å². The zero-order chi connectivity index (χ0) is 8.36. The van der Waals surface area contributed by atoms with Gasteiger partial charge in [0, 0.05) is 0 Å². The highest BCUT2D eigenvalue weighted by Crippen LogP contribution is 1.52. The molecule has 0 aromatic heterocycles. The van der Waals surface area contributed by atoms with E-state index in [9.17, 15) is 0 Å².